The molecule has 2 N–H and O–H groups in total. The van der Waals surface area contributed by atoms with Crippen LogP contribution in [-0.4, -0.2) is 48.9 Å². The van der Waals surface area contributed by atoms with Crippen LogP contribution in [0.2, 0.25) is 0 Å². The van der Waals surface area contributed by atoms with Crippen molar-refractivity contribution in [3.63, 3.8) is 0 Å². The lowest BCUT2D eigenvalue weighted by molar-refractivity contribution is 0.330. The summed E-state index contributed by atoms with van der Waals surface area (Å²) in [4.78, 5) is 9.44. The number of hydrogen-bond acceptors (Lipinski definition) is 6. The van der Waals surface area contributed by atoms with Crippen LogP contribution in [0.15, 0.2) is 180 Å². The van der Waals surface area contributed by atoms with Crippen molar-refractivity contribution in [1.29, 1.82) is 0 Å². The van der Waals surface area contributed by atoms with Gasteiger partial charge >= 0.3 is 0 Å². The van der Waals surface area contributed by atoms with Crippen molar-refractivity contribution in [1.82, 2.24) is 0 Å². The molecule has 282 valence electrons. The van der Waals surface area contributed by atoms with Crippen molar-refractivity contribution in [2.24, 2.45) is 9.98 Å². The Morgan fingerprint density at radius 3 is 1.09 bits per heavy atom. The zero-order valence-corrected chi connectivity index (χ0v) is 31.8. The van der Waals surface area contributed by atoms with Gasteiger partial charge in [0, 0.05) is 45.8 Å². The molecule has 0 saturated heterocycles. The second kappa shape index (κ2) is 16.3. The van der Waals surface area contributed by atoms with E-state index in [2.05, 4.69) is 48.5 Å². The molecule has 0 bridgehead atoms. The van der Waals surface area contributed by atoms with Crippen molar-refractivity contribution >= 4 is 55.5 Å². The highest BCUT2D eigenvalue weighted by Crippen LogP contribution is 2.46. The van der Waals surface area contributed by atoms with Crippen LogP contribution >= 0.6 is 0 Å². The number of phenols is 2. The topological polar surface area (TPSA) is 83.6 Å². The average molecular weight is 757 g/mol. The molecule has 6 heteroatoms. The van der Waals surface area contributed by atoms with Crippen LogP contribution < -0.4 is 9.47 Å². The van der Waals surface area contributed by atoms with Crippen LogP contribution in [0.5, 0.6) is 23.0 Å². The van der Waals surface area contributed by atoms with Crippen LogP contribution in [0, 0.1) is 0 Å². The number of ether oxygens (including phenoxy) is 2. The molecule has 9 aromatic rings. The standard InChI is InChI=1S/C52H40N2O4/c55-45-25-21-35-11-3-7-17-41(35)49(45)51-43-19-9-5-13-37(43)23-27-47(51)57-31-29-53-33-39-15-1-2-16-40(39)34-54-30-32-58-48-28-24-38-14-6-10-20-44(38)52(48)50-42-18-8-4-12-36(42)22-26-46(50)56/h1-28,33-34,55-56H,29-32H2. The summed E-state index contributed by atoms with van der Waals surface area (Å²) in [6.07, 6.45) is 3.72. The van der Waals surface area contributed by atoms with Crippen molar-refractivity contribution in [2.45, 2.75) is 0 Å². The summed E-state index contributed by atoms with van der Waals surface area (Å²) in [5.74, 6) is 1.81. The van der Waals surface area contributed by atoms with E-state index in [1.807, 2.05) is 122 Å². The number of phenolic OH excluding ortho intramolecular Hbond substituents is 2. The molecule has 0 radical (unpaired) electrons. The third kappa shape index (κ3) is 7.19. The maximum atomic E-state index is 11.2. The van der Waals surface area contributed by atoms with Gasteiger partial charge in [0.1, 0.15) is 36.2 Å². The van der Waals surface area contributed by atoms with Gasteiger partial charge in [-0.3, -0.25) is 9.98 Å². The van der Waals surface area contributed by atoms with Gasteiger partial charge in [0.25, 0.3) is 0 Å². The highest BCUT2D eigenvalue weighted by Gasteiger charge is 2.19. The number of fused-ring (bicyclic) bond motifs is 4. The predicted molar refractivity (Wildman–Crippen MR) is 239 cm³/mol. The first-order chi connectivity index (χ1) is 28.6. The summed E-state index contributed by atoms with van der Waals surface area (Å²) < 4.78 is 12.8. The Kier molecular flexibility index (Phi) is 10.2. The lowest BCUT2D eigenvalue weighted by Gasteiger charge is -2.17. The number of hydrogen-bond donors (Lipinski definition) is 2. The molecule has 0 saturated carbocycles. The minimum Gasteiger partial charge on any atom is -0.507 e. The largest absolute Gasteiger partial charge is 0.507 e. The first kappa shape index (κ1) is 36.2. The van der Waals surface area contributed by atoms with Gasteiger partial charge in [0.2, 0.25) is 0 Å². The zero-order chi connectivity index (χ0) is 39.3. The Labute approximate surface area is 336 Å². The summed E-state index contributed by atoms with van der Waals surface area (Å²) in [6, 6.07) is 56.0. The van der Waals surface area contributed by atoms with E-state index in [9.17, 15) is 10.2 Å². The van der Waals surface area contributed by atoms with Gasteiger partial charge in [0.05, 0.1) is 13.1 Å². The molecule has 0 aliphatic rings. The molecule has 0 heterocycles. The molecule has 0 amide bonds. The van der Waals surface area contributed by atoms with E-state index < -0.39 is 0 Å². The van der Waals surface area contributed by atoms with Crippen LogP contribution in [0.4, 0.5) is 0 Å². The third-order valence-electron chi connectivity index (χ3n) is 10.5. The molecular weight excluding hydrogens is 717 g/mol. The van der Waals surface area contributed by atoms with Crippen LogP contribution in [-0.2, 0) is 0 Å². The van der Waals surface area contributed by atoms with Crippen molar-refractivity contribution in [2.75, 3.05) is 26.3 Å². The number of aromatic hydroxyl groups is 2. The highest BCUT2D eigenvalue weighted by molar-refractivity contribution is 6.11. The Balaban J connectivity index is 0.889. The fourth-order valence-electron chi connectivity index (χ4n) is 7.79. The molecule has 0 aliphatic heterocycles. The molecule has 0 atom stereocenters. The minimum atomic E-state index is 0.211. The molecule has 0 unspecified atom stereocenters. The van der Waals surface area contributed by atoms with E-state index in [4.69, 9.17) is 19.5 Å². The molecule has 9 rings (SSSR count). The molecule has 9 aromatic carbocycles. The predicted octanol–water partition coefficient (Wildman–Crippen LogP) is 12.0. The molecule has 0 spiro atoms. The summed E-state index contributed by atoms with van der Waals surface area (Å²) >= 11 is 0. The van der Waals surface area contributed by atoms with E-state index in [0.717, 1.165) is 76.5 Å². The van der Waals surface area contributed by atoms with Gasteiger partial charge < -0.3 is 19.7 Å². The first-order valence-electron chi connectivity index (χ1n) is 19.4. The van der Waals surface area contributed by atoms with Crippen molar-refractivity contribution in [3.8, 4) is 45.3 Å². The SMILES string of the molecule is Oc1ccc2ccccc2c1-c1c(OCCN=Cc2ccccc2C=NCCOc2ccc3ccccc3c2-c2c(O)ccc3ccccc23)ccc2ccccc12. The number of rotatable bonds is 12. The van der Waals surface area contributed by atoms with Crippen LogP contribution in [0.3, 0.4) is 0 Å². The lowest BCUT2D eigenvalue weighted by Crippen LogP contribution is -2.04. The van der Waals surface area contributed by atoms with E-state index in [-0.39, 0.29) is 11.5 Å². The van der Waals surface area contributed by atoms with Gasteiger partial charge in [-0.1, -0.05) is 146 Å². The summed E-state index contributed by atoms with van der Waals surface area (Å²) in [5, 5.41) is 30.5. The summed E-state index contributed by atoms with van der Waals surface area (Å²) in [5.41, 5.74) is 5.14. The summed E-state index contributed by atoms with van der Waals surface area (Å²) in [6.45, 7) is 1.59. The van der Waals surface area contributed by atoms with E-state index >= 15 is 0 Å². The van der Waals surface area contributed by atoms with E-state index in [0.29, 0.717) is 37.8 Å². The zero-order valence-electron chi connectivity index (χ0n) is 31.8. The lowest BCUT2D eigenvalue weighted by atomic mass is 9.92. The van der Waals surface area contributed by atoms with E-state index in [1.165, 1.54) is 0 Å². The van der Waals surface area contributed by atoms with Crippen LogP contribution in [0.1, 0.15) is 11.1 Å². The van der Waals surface area contributed by atoms with Gasteiger partial charge in [-0.2, -0.15) is 0 Å². The Morgan fingerprint density at radius 2 is 0.690 bits per heavy atom. The third-order valence-corrected chi connectivity index (χ3v) is 10.5. The summed E-state index contributed by atoms with van der Waals surface area (Å²) in [7, 11) is 0. The highest BCUT2D eigenvalue weighted by atomic mass is 16.5. The van der Waals surface area contributed by atoms with Crippen molar-refractivity contribution < 1.29 is 19.7 Å². The Morgan fingerprint density at radius 1 is 0.362 bits per heavy atom. The van der Waals surface area contributed by atoms with Gasteiger partial charge in [-0.05, 0) is 67.4 Å². The van der Waals surface area contributed by atoms with Crippen LogP contribution in [0.25, 0.3) is 65.3 Å². The van der Waals surface area contributed by atoms with E-state index in [1.54, 1.807) is 12.1 Å². The minimum absolute atomic E-state index is 0.211. The molecule has 0 fully saturated rings. The normalized spacial score (nSPS) is 11.7. The second-order valence-electron chi connectivity index (χ2n) is 14.1. The van der Waals surface area contributed by atoms with Crippen molar-refractivity contribution in [3.05, 3.63) is 181 Å². The number of benzene rings is 9. The maximum absolute atomic E-state index is 11.2. The number of nitrogens with zero attached hydrogens (tertiary/aromatic N) is 2. The first-order valence-corrected chi connectivity index (χ1v) is 19.4. The fourth-order valence-corrected chi connectivity index (χ4v) is 7.79. The molecular formula is C52H40N2O4. The number of aliphatic imine (C=N–C) groups is 2. The second-order valence-corrected chi connectivity index (χ2v) is 14.1. The van der Waals surface area contributed by atoms with Gasteiger partial charge in [-0.25, -0.2) is 0 Å². The quantitative estimate of drug-likeness (QED) is 0.0960. The monoisotopic (exact) mass is 756 g/mol. The van der Waals surface area contributed by atoms with Gasteiger partial charge in [0.15, 0.2) is 0 Å². The smallest absolute Gasteiger partial charge is 0.128 e. The van der Waals surface area contributed by atoms with Gasteiger partial charge in [-0.15, -0.1) is 0 Å². The molecule has 0 aliphatic carbocycles. The Bertz CT molecular complexity index is 2800. The Hall–Kier alpha value is -7.44. The average Bonchev–Trinajstić information content (AvgIpc) is 3.27. The molecule has 58 heavy (non-hydrogen) atoms. The molecule has 6 nitrogen and oxygen atoms in total. The molecule has 0 aromatic heterocycles. The fraction of sp³-hybridized carbons (Fsp3) is 0.0769. The maximum Gasteiger partial charge on any atom is 0.128 e.